The summed E-state index contributed by atoms with van der Waals surface area (Å²) < 4.78 is 0. The molecule has 0 fully saturated rings. The van der Waals surface area contributed by atoms with E-state index in [1.165, 1.54) is 5.56 Å². The first kappa shape index (κ1) is 14.9. The van der Waals surface area contributed by atoms with E-state index in [1.807, 2.05) is 38.3 Å². The molecule has 0 radical (unpaired) electrons. The Kier molecular flexibility index (Phi) is 5.56. The molecule has 1 atom stereocenters. The zero-order chi connectivity index (χ0) is 13.6. The van der Waals surface area contributed by atoms with Gasteiger partial charge in [-0.2, -0.15) is 0 Å². The molecule has 1 aromatic rings. The molecule has 1 aromatic heterocycles. The van der Waals surface area contributed by atoms with Crippen molar-refractivity contribution in [2.24, 2.45) is 0 Å². The fraction of sp³-hybridized carbons (Fsp3) is 0.500. The van der Waals surface area contributed by atoms with Crippen LogP contribution in [0.15, 0.2) is 17.5 Å². The van der Waals surface area contributed by atoms with Crippen LogP contribution in [0.2, 0.25) is 0 Å². The molecule has 1 amide bonds. The Morgan fingerprint density at radius 3 is 2.83 bits per heavy atom. The highest BCUT2D eigenvalue weighted by Crippen LogP contribution is 2.17. The van der Waals surface area contributed by atoms with Gasteiger partial charge in [-0.3, -0.25) is 4.79 Å². The third kappa shape index (κ3) is 4.27. The molecule has 100 valence electrons. The summed E-state index contributed by atoms with van der Waals surface area (Å²) in [6.45, 7) is 6.06. The van der Waals surface area contributed by atoms with Crippen LogP contribution in [0.4, 0.5) is 0 Å². The number of carbonyl (C=O) groups excluding carboxylic acids is 1. The van der Waals surface area contributed by atoms with Gasteiger partial charge in [0, 0.05) is 23.1 Å². The molecule has 1 heterocycles. The van der Waals surface area contributed by atoms with Gasteiger partial charge >= 0.3 is 0 Å². The van der Waals surface area contributed by atoms with Gasteiger partial charge in [-0.15, -0.1) is 11.3 Å². The maximum atomic E-state index is 11.8. The molecular formula is C14H21NO2S. The van der Waals surface area contributed by atoms with Gasteiger partial charge in [0.05, 0.1) is 0 Å². The quantitative estimate of drug-likeness (QED) is 0.779. The lowest BCUT2D eigenvalue weighted by atomic mass is 9.95. The summed E-state index contributed by atoms with van der Waals surface area (Å²) in [7, 11) is 0. The van der Waals surface area contributed by atoms with E-state index in [0.717, 1.165) is 11.3 Å². The highest BCUT2D eigenvalue weighted by Gasteiger charge is 2.22. The van der Waals surface area contributed by atoms with Crippen LogP contribution in [0.5, 0.6) is 0 Å². The number of nitrogens with one attached hydrogen (secondary N) is 1. The molecule has 0 saturated heterocycles. The first-order chi connectivity index (χ1) is 8.50. The van der Waals surface area contributed by atoms with Crippen molar-refractivity contribution in [1.82, 2.24) is 5.32 Å². The largest absolute Gasteiger partial charge is 0.396 e. The number of aliphatic hydroxyl groups is 1. The monoisotopic (exact) mass is 267 g/mol. The fourth-order valence-electron chi connectivity index (χ4n) is 1.62. The Labute approximate surface area is 113 Å². The second kappa shape index (κ2) is 6.71. The molecule has 1 unspecified atom stereocenters. The van der Waals surface area contributed by atoms with E-state index in [0.29, 0.717) is 6.42 Å². The van der Waals surface area contributed by atoms with Crippen LogP contribution in [-0.4, -0.2) is 23.2 Å². The number of aliphatic hydroxyl groups excluding tert-OH is 1. The molecule has 0 aliphatic rings. The second-order valence-corrected chi connectivity index (χ2v) is 5.63. The summed E-state index contributed by atoms with van der Waals surface area (Å²) in [5, 5.41) is 13.9. The van der Waals surface area contributed by atoms with Crippen molar-refractivity contribution in [3.05, 3.63) is 28.0 Å². The Morgan fingerprint density at radius 1 is 1.61 bits per heavy atom. The van der Waals surface area contributed by atoms with Crippen LogP contribution in [0.25, 0.3) is 6.08 Å². The van der Waals surface area contributed by atoms with Crippen molar-refractivity contribution in [1.29, 1.82) is 0 Å². The average Bonchev–Trinajstić information content (AvgIpc) is 2.72. The number of aryl methyl sites for hydroxylation is 1. The highest BCUT2D eigenvalue weighted by atomic mass is 32.1. The lowest BCUT2D eigenvalue weighted by Crippen LogP contribution is -2.45. The van der Waals surface area contributed by atoms with Crippen molar-refractivity contribution in [3.8, 4) is 0 Å². The topological polar surface area (TPSA) is 49.3 Å². The van der Waals surface area contributed by atoms with Gasteiger partial charge in [-0.1, -0.05) is 6.92 Å². The smallest absolute Gasteiger partial charge is 0.244 e. The van der Waals surface area contributed by atoms with E-state index >= 15 is 0 Å². The summed E-state index contributed by atoms with van der Waals surface area (Å²) in [5.41, 5.74) is 0.846. The maximum absolute atomic E-state index is 11.8. The van der Waals surface area contributed by atoms with Gasteiger partial charge < -0.3 is 10.4 Å². The predicted molar refractivity (Wildman–Crippen MR) is 76.6 cm³/mol. The number of hydrogen-bond donors (Lipinski definition) is 2. The highest BCUT2D eigenvalue weighted by molar-refractivity contribution is 7.11. The Morgan fingerprint density at radius 2 is 2.33 bits per heavy atom. The maximum Gasteiger partial charge on any atom is 0.244 e. The molecular weight excluding hydrogens is 246 g/mol. The lowest BCUT2D eigenvalue weighted by molar-refractivity contribution is -0.118. The molecule has 18 heavy (non-hydrogen) atoms. The lowest BCUT2D eigenvalue weighted by Gasteiger charge is -2.28. The van der Waals surface area contributed by atoms with Gasteiger partial charge in [0.1, 0.15) is 0 Å². The minimum absolute atomic E-state index is 0.0817. The van der Waals surface area contributed by atoms with E-state index < -0.39 is 0 Å². The van der Waals surface area contributed by atoms with E-state index in [-0.39, 0.29) is 18.1 Å². The van der Waals surface area contributed by atoms with Crippen LogP contribution in [0.1, 0.15) is 37.1 Å². The first-order valence-corrected chi connectivity index (χ1v) is 7.04. The van der Waals surface area contributed by atoms with Crippen LogP contribution in [-0.2, 0) is 4.79 Å². The van der Waals surface area contributed by atoms with Crippen LogP contribution in [0.3, 0.4) is 0 Å². The normalized spacial score (nSPS) is 14.7. The van der Waals surface area contributed by atoms with Crippen molar-refractivity contribution in [2.75, 3.05) is 6.61 Å². The summed E-state index contributed by atoms with van der Waals surface area (Å²) in [6.07, 6.45) is 4.76. The van der Waals surface area contributed by atoms with E-state index in [2.05, 4.69) is 5.32 Å². The predicted octanol–water partition coefficient (Wildman–Crippen LogP) is 2.74. The molecule has 0 aliphatic heterocycles. The van der Waals surface area contributed by atoms with Gasteiger partial charge in [0.2, 0.25) is 5.91 Å². The molecule has 1 rings (SSSR count). The SMILES string of the molecule is CCC(C)(CCO)NC(=O)/C=C/c1sccc1C. The van der Waals surface area contributed by atoms with Crippen molar-refractivity contribution in [2.45, 2.75) is 39.2 Å². The fourth-order valence-corrected chi connectivity index (χ4v) is 2.44. The van der Waals surface area contributed by atoms with Gasteiger partial charge in [-0.05, 0) is 49.8 Å². The van der Waals surface area contributed by atoms with Crippen LogP contribution in [0, 0.1) is 6.92 Å². The first-order valence-electron chi connectivity index (χ1n) is 6.16. The minimum atomic E-state index is -0.333. The van der Waals surface area contributed by atoms with E-state index in [1.54, 1.807) is 17.4 Å². The van der Waals surface area contributed by atoms with Crippen LogP contribution < -0.4 is 5.32 Å². The van der Waals surface area contributed by atoms with Crippen molar-refractivity contribution in [3.63, 3.8) is 0 Å². The Balaban J connectivity index is 2.61. The molecule has 0 spiro atoms. The van der Waals surface area contributed by atoms with Gasteiger partial charge in [-0.25, -0.2) is 0 Å². The summed E-state index contributed by atoms with van der Waals surface area (Å²) >= 11 is 1.62. The molecule has 3 nitrogen and oxygen atoms in total. The summed E-state index contributed by atoms with van der Waals surface area (Å²) in [4.78, 5) is 12.9. The minimum Gasteiger partial charge on any atom is -0.396 e. The van der Waals surface area contributed by atoms with Crippen molar-refractivity contribution < 1.29 is 9.90 Å². The van der Waals surface area contributed by atoms with E-state index in [4.69, 9.17) is 5.11 Å². The Hall–Kier alpha value is -1.13. The molecule has 0 aliphatic carbocycles. The number of carbonyl (C=O) groups is 1. The zero-order valence-corrected chi connectivity index (χ0v) is 12.0. The van der Waals surface area contributed by atoms with Crippen LogP contribution >= 0.6 is 11.3 Å². The summed E-state index contributed by atoms with van der Waals surface area (Å²) in [5.74, 6) is -0.111. The Bertz CT molecular complexity index is 425. The molecule has 0 bridgehead atoms. The molecule has 4 heteroatoms. The van der Waals surface area contributed by atoms with Gasteiger partial charge in [0.25, 0.3) is 0 Å². The third-order valence-corrected chi connectivity index (χ3v) is 4.14. The standard InChI is InChI=1S/C14H21NO2S/c1-4-14(3,8-9-16)15-13(17)6-5-12-11(2)7-10-18-12/h5-7,10,16H,4,8-9H2,1-3H3,(H,15,17)/b6-5+. The van der Waals surface area contributed by atoms with E-state index in [9.17, 15) is 4.79 Å². The molecule has 0 saturated carbocycles. The number of thiophene rings is 1. The zero-order valence-electron chi connectivity index (χ0n) is 11.2. The third-order valence-electron chi connectivity index (χ3n) is 3.16. The second-order valence-electron chi connectivity index (χ2n) is 4.68. The number of hydrogen-bond acceptors (Lipinski definition) is 3. The van der Waals surface area contributed by atoms with Gasteiger partial charge in [0.15, 0.2) is 0 Å². The number of rotatable bonds is 6. The average molecular weight is 267 g/mol. The summed E-state index contributed by atoms with van der Waals surface area (Å²) in [6, 6.07) is 2.03. The number of amides is 1. The molecule has 0 aromatic carbocycles. The molecule has 2 N–H and O–H groups in total. The van der Waals surface area contributed by atoms with Crippen molar-refractivity contribution >= 4 is 23.3 Å².